The highest BCUT2D eigenvalue weighted by Crippen LogP contribution is 2.31. The van der Waals surface area contributed by atoms with Gasteiger partial charge in [-0.05, 0) is 54.4 Å². The van der Waals surface area contributed by atoms with Crippen LogP contribution in [0.1, 0.15) is 35.1 Å². The highest BCUT2D eigenvalue weighted by Gasteiger charge is 2.16. The van der Waals surface area contributed by atoms with Crippen molar-refractivity contribution in [3.63, 3.8) is 0 Å². The summed E-state index contributed by atoms with van der Waals surface area (Å²) in [6.45, 7) is 0. The van der Waals surface area contributed by atoms with Gasteiger partial charge in [-0.25, -0.2) is 0 Å². The van der Waals surface area contributed by atoms with Crippen molar-refractivity contribution in [1.29, 1.82) is 0 Å². The number of benzene rings is 1. The third kappa shape index (κ3) is 1.05. The summed E-state index contributed by atoms with van der Waals surface area (Å²) < 4.78 is 0. The minimum Gasteiger partial charge on any atom is -0.0795 e. The van der Waals surface area contributed by atoms with Gasteiger partial charge in [-0.3, -0.25) is 0 Å². The zero-order valence-corrected chi connectivity index (χ0v) is 7.84. The molecule has 0 bridgehead atoms. The maximum absolute atomic E-state index is 2.35. The van der Waals surface area contributed by atoms with Crippen LogP contribution in [0.5, 0.6) is 0 Å². The van der Waals surface area contributed by atoms with Gasteiger partial charge in [0.2, 0.25) is 0 Å². The maximum Gasteiger partial charge on any atom is -0.00881 e. The van der Waals surface area contributed by atoms with Crippen molar-refractivity contribution in [2.75, 3.05) is 0 Å². The minimum absolute atomic E-state index is 1.16. The molecule has 0 fully saturated rings. The van der Waals surface area contributed by atoms with E-state index >= 15 is 0 Å². The second-order valence-electron chi connectivity index (χ2n) is 4.09. The molecule has 0 spiro atoms. The molecule has 0 aromatic heterocycles. The molecule has 13 heavy (non-hydrogen) atoms. The van der Waals surface area contributed by atoms with E-state index in [0.29, 0.717) is 0 Å². The molecule has 0 N–H and O–H groups in total. The Morgan fingerprint density at radius 3 is 2.77 bits per heavy atom. The molecule has 0 unspecified atom stereocenters. The molecule has 0 nitrogen and oxygen atoms in total. The Kier molecular flexibility index (Phi) is 1.55. The lowest BCUT2D eigenvalue weighted by Crippen LogP contribution is -2.05. The van der Waals surface area contributed by atoms with Gasteiger partial charge in [0, 0.05) is 0 Å². The molecule has 0 heterocycles. The third-order valence-corrected chi connectivity index (χ3v) is 3.29. The summed E-state index contributed by atoms with van der Waals surface area (Å²) in [5.41, 5.74) is 6.35. The van der Waals surface area contributed by atoms with Crippen molar-refractivity contribution < 1.29 is 0 Å². The van der Waals surface area contributed by atoms with Crippen molar-refractivity contribution >= 4 is 6.08 Å². The van der Waals surface area contributed by atoms with Crippen LogP contribution in [0.3, 0.4) is 0 Å². The molecule has 0 atom stereocenters. The largest absolute Gasteiger partial charge is 0.0795 e. The summed E-state index contributed by atoms with van der Waals surface area (Å²) in [5.74, 6) is 0. The lowest BCUT2D eigenvalue weighted by molar-refractivity contribution is 0.684. The summed E-state index contributed by atoms with van der Waals surface area (Å²) in [6, 6.07) is 4.67. The van der Waals surface area contributed by atoms with E-state index in [-0.39, 0.29) is 0 Å². The third-order valence-electron chi connectivity index (χ3n) is 3.29. The number of allylic oxidation sites excluding steroid dienone is 1. The van der Waals surface area contributed by atoms with Gasteiger partial charge in [0.1, 0.15) is 0 Å². The zero-order chi connectivity index (χ0) is 8.67. The molecule has 1 aromatic rings. The van der Waals surface area contributed by atoms with Crippen LogP contribution in [0, 0.1) is 0 Å². The second-order valence-corrected chi connectivity index (χ2v) is 4.09. The smallest absolute Gasteiger partial charge is 0.00881 e. The maximum atomic E-state index is 2.35. The van der Waals surface area contributed by atoms with Gasteiger partial charge in [-0.2, -0.15) is 0 Å². The predicted molar refractivity (Wildman–Crippen MR) is 55.8 cm³/mol. The van der Waals surface area contributed by atoms with E-state index in [4.69, 9.17) is 0 Å². The monoisotopic (exact) mass is 170 g/mol. The topological polar surface area (TPSA) is 0 Å². The fraction of sp³-hybridized carbons (Fsp3) is 0.385. The van der Waals surface area contributed by atoms with Crippen molar-refractivity contribution in [2.24, 2.45) is 0 Å². The molecule has 0 aliphatic heterocycles. The molecule has 2 aliphatic carbocycles. The van der Waals surface area contributed by atoms with E-state index in [0.717, 1.165) is 6.42 Å². The van der Waals surface area contributed by atoms with Crippen LogP contribution in [0.2, 0.25) is 0 Å². The Labute approximate surface area is 79.3 Å². The van der Waals surface area contributed by atoms with Crippen molar-refractivity contribution in [3.05, 3.63) is 40.5 Å². The van der Waals surface area contributed by atoms with Gasteiger partial charge < -0.3 is 0 Å². The average Bonchev–Trinajstić information content (AvgIpc) is 2.65. The second kappa shape index (κ2) is 2.73. The quantitative estimate of drug-likeness (QED) is 0.561. The van der Waals surface area contributed by atoms with Crippen LogP contribution in [-0.4, -0.2) is 0 Å². The molecule has 0 saturated carbocycles. The van der Waals surface area contributed by atoms with E-state index < -0.39 is 0 Å². The summed E-state index contributed by atoms with van der Waals surface area (Å²) >= 11 is 0. The first-order valence-corrected chi connectivity index (χ1v) is 5.25. The van der Waals surface area contributed by atoms with Crippen molar-refractivity contribution in [3.8, 4) is 0 Å². The van der Waals surface area contributed by atoms with Gasteiger partial charge in [0.05, 0.1) is 0 Å². The Balaban J connectivity index is 2.21. The summed E-state index contributed by atoms with van der Waals surface area (Å²) in [6.07, 6.45) is 11.1. The molecule has 3 rings (SSSR count). The molecule has 0 heteroatoms. The lowest BCUT2D eigenvalue weighted by atomic mass is 9.87. The van der Waals surface area contributed by atoms with E-state index in [1.165, 1.54) is 25.7 Å². The first kappa shape index (κ1) is 7.37. The first-order valence-electron chi connectivity index (χ1n) is 5.25. The predicted octanol–water partition coefficient (Wildman–Crippen LogP) is 3.13. The molecule has 2 aliphatic rings. The number of hydrogen-bond acceptors (Lipinski definition) is 0. The summed E-state index contributed by atoms with van der Waals surface area (Å²) in [5, 5.41) is 0. The van der Waals surface area contributed by atoms with Crippen LogP contribution >= 0.6 is 0 Å². The molecule has 0 saturated heterocycles. The van der Waals surface area contributed by atoms with Crippen LogP contribution in [-0.2, 0) is 19.3 Å². The fourth-order valence-electron chi connectivity index (χ4n) is 2.59. The molecule has 1 aromatic carbocycles. The van der Waals surface area contributed by atoms with E-state index in [1.54, 1.807) is 22.3 Å². The molecular formula is C13H14. The van der Waals surface area contributed by atoms with Gasteiger partial charge >= 0.3 is 0 Å². The highest BCUT2D eigenvalue weighted by molar-refractivity contribution is 5.65. The highest BCUT2D eigenvalue weighted by atomic mass is 14.2. The molecule has 0 radical (unpaired) electrons. The van der Waals surface area contributed by atoms with E-state index in [9.17, 15) is 0 Å². The lowest BCUT2D eigenvalue weighted by Gasteiger charge is -2.18. The first-order chi connectivity index (χ1) is 6.45. The number of fused-ring (bicyclic) bond motifs is 3. The van der Waals surface area contributed by atoms with Gasteiger partial charge in [-0.1, -0.05) is 24.3 Å². The average molecular weight is 170 g/mol. The normalized spacial score (nSPS) is 18.5. The minimum atomic E-state index is 1.16. The van der Waals surface area contributed by atoms with Crippen LogP contribution in [0.4, 0.5) is 0 Å². The van der Waals surface area contributed by atoms with E-state index in [1.807, 2.05) is 0 Å². The van der Waals surface area contributed by atoms with Gasteiger partial charge in [-0.15, -0.1) is 0 Å². The van der Waals surface area contributed by atoms with E-state index in [2.05, 4.69) is 24.3 Å². The van der Waals surface area contributed by atoms with Crippen LogP contribution in [0.25, 0.3) is 6.08 Å². The van der Waals surface area contributed by atoms with Crippen molar-refractivity contribution in [2.45, 2.75) is 32.1 Å². The van der Waals surface area contributed by atoms with Crippen LogP contribution in [0.15, 0.2) is 18.2 Å². The Hall–Kier alpha value is -1.04. The number of hydrogen-bond donors (Lipinski definition) is 0. The zero-order valence-electron chi connectivity index (χ0n) is 7.84. The van der Waals surface area contributed by atoms with Crippen LogP contribution < -0.4 is 0 Å². The van der Waals surface area contributed by atoms with Gasteiger partial charge in [0.15, 0.2) is 0 Å². The molecular weight excluding hydrogens is 156 g/mol. The number of rotatable bonds is 0. The Morgan fingerprint density at radius 2 is 1.77 bits per heavy atom. The van der Waals surface area contributed by atoms with Gasteiger partial charge in [0.25, 0.3) is 0 Å². The Bertz CT molecular complexity index is 372. The SMILES string of the molecule is C1=Cc2c(ccc3c2CCCC3)C1. The summed E-state index contributed by atoms with van der Waals surface area (Å²) in [4.78, 5) is 0. The van der Waals surface area contributed by atoms with Crippen molar-refractivity contribution in [1.82, 2.24) is 0 Å². The molecule has 66 valence electrons. The Morgan fingerprint density at radius 1 is 0.923 bits per heavy atom. The number of aryl methyl sites for hydroxylation is 1. The fourth-order valence-corrected chi connectivity index (χ4v) is 2.59. The molecule has 0 amide bonds. The summed E-state index contributed by atoms with van der Waals surface area (Å²) in [7, 11) is 0. The standard InChI is InChI=1S/C13H14/c1-2-6-12-10(4-1)8-9-11-5-3-7-13(11)12/h3,7-9H,1-2,4-6H2.